The normalized spacial score (nSPS) is 17.8. The number of piperazine rings is 1. The minimum atomic E-state index is 0.847. The number of benzene rings is 1. The number of para-hydroxylation sites is 1. The van der Waals surface area contributed by atoms with E-state index in [0.29, 0.717) is 0 Å². The van der Waals surface area contributed by atoms with Gasteiger partial charge in [-0.3, -0.25) is 4.90 Å². The van der Waals surface area contributed by atoms with Gasteiger partial charge in [0.1, 0.15) is 5.82 Å². The van der Waals surface area contributed by atoms with Crippen LogP contribution in [0.15, 0.2) is 48.8 Å². The Hall–Kier alpha value is -2.77. The summed E-state index contributed by atoms with van der Waals surface area (Å²) in [6.45, 7) is 9.21. The fourth-order valence-electron chi connectivity index (χ4n) is 4.75. The van der Waals surface area contributed by atoms with Gasteiger partial charge in [0.2, 0.25) is 5.95 Å². The Kier molecular flexibility index (Phi) is 6.75. The van der Waals surface area contributed by atoms with E-state index in [1.807, 2.05) is 18.5 Å². The Morgan fingerprint density at radius 3 is 2.41 bits per heavy atom. The second-order valence-corrected chi connectivity index (χ2v) is 8.77. The van der Waals surface area contributed by atoms with Crippen LogP contribution in [-0.4, -0.2) is 72.2 Å². The molecule has 0 spiro atoms. The molecular formula is C25H33N7. The van der Waals surface area contributed by atoms with Gasteiger partial charge in [-0.1, -0.05) is 18.2 Å². The van der Waals surface area contributed by atoms with Gasteiger partial charge in [-0.05, 0) is 37.5 Å². The molecule has 2 saturated heterocycles. The maximum atomic E-state index is 5.06. The van der Waals surface area contributed by atoms with Crippen molar-refractivity contribution in [3.05, 3.63) is 54.4 Å². The zero-order valence-electron chi connectivity index (χ0n) is 18.8. The summed E-state index contributed by atoms with van der Waals surface area (Å²) in [5.41, 5.74) is 2.41. The van der Waals surface area contributed by atoms with E-state index >= 15 is 0 Å². The number of hydrogen-bond acceptors (Lipinski definition) is 7. The lowest BCUT2D eigenvalue weighted by atomic mass is 10.1. The van der Waals surface area contributed by atoms with Crippen molar-refractivity contribution < 1.29 is 0 Å². The minimum absolute atomic E-state index is 0.847. The van der Waals surface area contributed by atoms with Crippen LogP contribution in [0, 0.1) is 0 Å². The van der Waals surface area contributed by atoms with Crippen molar-refractivity contribution in [2.24, 2.45) is 0 Å². The molecule has 2 aliphatic heterocycles. The maximum absolute atomic E-state index is 5.06. The van der Waals surface area contributed by atoms with Gasteiger partial charge in [0, 0.05) is 82.2 Å². The van der Waals surface area contributed by atoms with Crippen LogP contribution >= 0.6 is 0 Å². The van der Waals surface area contributed by atoms with E-state index in [4.69, 9.17) is 4.98 Å². The van der Waals surface area contributed by atoms with Crippen molar-refractivity contribution in [2.75, 3.05) is 62.2 Å². The number of pyridine rings is 1. The summed E-state index contributed by atoms with van der Waals surface area (Å²) >= 11 is 0. The van der Waals surface area contributed by atoms with E-state index < -0.39 is 0 Å². The summed E-state index contributed by atoms with van der Waals surface area (Å²) in [5, 5.41) is 4.92. The van der Waals surface area contributed by atoms with Crippen molar-refractivity contribution >= 4 is 22.7 Å². The molecule has 2 fully saturated rings. The Balaban J connectivity index is 1.16. The fourth-order valence-corrected chi connectivity index (χ4v) is 4.75. The van der Waals surface area contributed by atoms with E-state index in [2.05, 4.69) is 60.3 Å². The molecule has 4 heterocycles. The van der Waals surface area contributed by atoms with Crippen molar-refractivity contribution in [1.29, 1.82) is 0 Å². The Morgan fingerprint density at radius 1 is 0.812 bits per heavy atom. The molecule has 0 aliphatic carbocycles. The summed E-state index contributed by atoms with van der Waals surface area (Å²) in [6.07, 6.45) is 7.50. The monoisotopic (exact) mass is 431 g/mol. The summed E-state index contributed by atoms with van der Waals surface area (Å²) in [5.74, 6) is 2.02. The van der Waals surface area contributed by atoms with Crippen molar-refractivity contribution in [2.45, 2.75) is 25.8 Å². The van der Waals surface area contributed by atoms with Crippen LogP contribution in [-0.2, 0) is 6.54 Å². The number of aromatic nitrogens is 3. The van der Waals surface area contributed by atoms with Crippen LogP contribution in [0.4, 0.5) is 11.8 Å². The molecule has 0 saturated carbocycles. The van der Waals surface area contributed by atoms with Crippen LogP contribution in [0.5, 0.6) is 0 Å². The average Bonchev–Trinajstić information content (AvgIpc) is 2.87. The molecule has 0 radical (unpaired) electrons. The highest BCUT2D eigenvalue weighted by Gasteiger charge is 2.19. The number of piperidine rings is 1. The molecule has 168 valence electrons. The molecule has 3 aromatic rings. The first kappa shape index (κ1) is 21.1. The van der Waals surface area contributed by atoms with E-state index in [9.17, 15) is 0 Å². The summed E-state index contributed by atoms with van der Waals surface area (Å²) in [7, 11) is 0. The molecule has 5 rings (SSSR count). The second kappa shape index (κ2) is 10.2. The summed E-state index contributed by atoms with van der Waals surface area (Å²) < 4.78 is 0. The molecule has 0 atom stereocenters. The standard InChI is InChI=1S/C25H33N7/c1-4-12-31(13-5-1)24-22(19-21-7-2-3-8-23(21)29-24)20-26-11-14-30-15-17-32(18-16-30)25-27-9-6-10-28-25/h2-3,6-10,19,26H,1,4-5,11-18,20H2. The molecule has 1 aromatic carbocycles. The number of anilines is 2. The third-order valence-corrected chi connectivity index (χ3v) is 6.56. The third-order valence-electron chi connectivity index (χ3n) is 6.56. The lowest BCUT2D eigenvalue weighted by molar-refractivity contribution is 0.256. The molecule has 0 unspecified atom stereocenters. The molecule has 2 aromatic heterocycles. The topological polar surface area (TPSA) is 60.4 Å². The lowest BCUT2D eigenvalue weighted by Crippen LogP contribution is -2.48. The zero-order chi connectivity index (χ0) is 21.6. The molecule has 2 aliphatic rings. The van der Waals surface area contributed by atoms with Crippen LogP contribution in [0.3, 0.4) is 0 Å². The molecule has 0 bridgehead atoms. The lowest BCUT2D eigenvalue weighted by Gasteiger charge is -2.34. The average molecular weight is 432 g/mol. The van der Waals surface area contributed by atoms with Gasteiger partial charge in [-0.15, -0.1) is 0 Å². The van der Waals surface area contributed by atoms with Crippen LogP contribution in [0.1, 0.15) is 24.8 Å². The number of rotatable bonds is 7. The number of hydrogen-bond donors (Lipinski definition) is 1. The molecule has 1 N–H and O–H groups in total. The maximum Gasteiger partial charge on any atom is 0.225 e. The largest absolute Gasteiger partial charge is 0.356 e. The SMILES string of the molecule is c1cnc(N2CCN(CCNCc3cc4ccccc4nc3N3CCCCC3)CC2)nc1. The molecule has 7 nitrogen and oxygen atoms in total. The van der Waals surface area contributed by atoms with E-state index in [-0.39, 0.29) is 0 Å². The highest BCUT2D eigenvalue weighted by molar-refractivity contribution is 5.81. The predicted octanol–water partition coefficient (Wildman–Crippen LogP) is 2.93. The molecular weight excluding hydrogens is 398 g/mol. The minimum Gasteiger partial charge on any atom is -0.356 e. The van der Waals surface area contributed by atoms with Gasteiger partial charge < -0.3 is 15.1 Å². The Labute approximate surface area is 190 Å². The van der Waals surface area contributed by atoms with Gasteiger partial charge in [0.25, 0.3) is 0 Å². The summed E-state index contributed by atoms with van der Waals surface area (Å²) in [6, 6.07) is 12.7. The Bertz CT molecular complexity index is 996. The van der Waals surface area contributed by atoms with Gasteiger partial charge in [-0.2, -0.15) is 0 Å². The van der Waals surface area contributed by atoms with Crippen molar-refractivity contribution in [3.63, 3.8) is 0 Å². The van der Waals surface area contributed by atoms with Gasteiger partial charge in [-0.25, -0.2) is 15.0 Å². The molecule has 32 heavy (non-hydrogen) atoms. The van der Waals surface area contributed by atoms with Gasteiger partial charge >= 0.3 is 0 Å². The van der Waals surface area contributed by atoms with Gasteiger partial charge in [0.15, 0.2) is 0 Å². The smallest absolute Gasteiger partial charge is 0.225 e. The quantitative estimate of drug-likeness (QED) is 0.577. The first-order chi connectivity index (χ1) is 15.9. The number of nitrogens with zero attached hydrogens (tertiary/aromatic N) is 6. The predicted molar refractivity (Wildman–Crippen MR) is 130 cm³/mol. The highest BCUT2D eigenvalue weighted by Crippen LogP contribution is 2.26. The number of nitrogens with one attached hydrogen (secondary N) is 1. The van der Waals surface area contributed by atoms with Crippen molar-refractivity contribution in [1.82, 2.24) is 25.2 Å². The van der Waals surface area contributed by atoms with Crippen LogP contribution in [0.25, 0.3) is 10.9 Å². The zero-order valence-corrected chi connectivity index (χ0v) is 18.8. The molecule has 7 heteroatoms. The highest BCUT2D eigenvalue weighted by atomic mass is 15.3. The first-order valence-corrected chi connectivity index (χ1v) is 12.0. The number of fused-ring (bicyclic) bond motifs is 1. The molecule has 0 amide bonds. The van der Waals surface area contributed by atoms with Crippen LogP contribution < -0.4 is 15.1 Å². The Morgan fingerprint density at radius 2 is 1.59 bits per heavy atom. The summed E-state index contributed by atoms with van der Waals surface area (Å²) in [4.78, 5) is 21.1. The van der Waals surface area contributed by atoms with E-state index in [1.54, 1.807) is 0 Å². The van der Waals surface area contributed by atoms with Crippen molar-refractivity contribution in [3.8, 4) is 0 Å². The third kappa shape index (κ3) is 5.00. The fraction of sp³-hybridized carbons (Fsp3) is 0.480. The second-order valence-electron chi connectivity index (χ2n) is 8.77. The first-order valence-electron chi connectivity index (χ1n) is 12.0. The van der Waals surface area contributed by atoms with Gasteiger partial charge in [0.05, 0.1) is 5.52 Å². The van der Waals surface area contributed by atoms with Crippen LogP contribution in [0.2, 0.25) is 0 Å². The van der Waals surface area contributed by atoms with E-state index in [0.717, 1.165) is 70.4 Å². The van der Waals surface area contributed by atoms with E-state index in [1.165, 1.54) is 36.0 Å².